The molecule has 1 unspecified atom stereocenters. The van der Waals surface area contributed by atoms with Gasteiger partial charge < -0.3 is 0 Å². The van der Waals surface area contributed by atoms with Crippen molar-refractivity contribution in [3.8, 4) is 0 Å². The first-order valence-electron chi connectivity index (χ1n) is 5.48. The van der Waals surface area contributed by atoms with Crippen molar-refractivity contribution in [1.29, 1.82) is 0 Å². The third kappa shape index (κ3) is 2.73. The van der Waals surface area contributed by atoms with E-state index in [0.29, 0.717) is 5.92 Å². The fraction of sp³-hybridized carbons (Fsp3) is 0.429. The highest BCUT2D eigenvalue weighted by Gasteiger charge is 2.07. The van der Waals surface area contributed by atoms with E-state index in [-0.39, 0.29) is 0 Å². The number of benzene rings is 1. The minimum absolute atomic E-state index is 0.607. The molecule has 0 radical (unpaired) electrons. The molecule has 0 spiro atoms. The smallest absolute Gasteiger partial charge is 0.0153 e. The topological polar surface area (TPSA) is 0 Å². The van der Waals surface area contributed by atoms with E-state index in [4.69, 9.17) is 0 Å². The normalized spacial score (nSPS) is 12.4. The van der Waals surface area contributed by atoms with Crippen LogP contribution in [0.2, 0.25) is 0 Å². The first kappa shape index (κ1) is 11.0. The Morgan fingerprint density at radius 2 is 2.07 bits per heavy atom. The maximum atomic E-state index is 3.80. The van der Waals surface area contributed by atoms with E-state index in [2.05, 4.69) is 44.7 Å². The monoisotopic (exact) mass is 188 g/mol. The lowest BCUT2D eigenvalue weighted by atomic mass is 9.91. The van der Waals surface area contributed by atoms with Gasteiger partial charge in [-0.2, -0.15) is 0 Å². The van der Waals surface area contributed by atoms with Gasteiger partial charge in [0, 0.05) is 0 Å². The second-order valence-corrected chi connectivity index (χ2v) is 3.87. The van der Waals surface area contributed by atoms with Crippen LogP contribution >= 0.6 is 0 Å². The van der Waals surface area contributed by atoms with Crippen LogP contribution in [0.4, 0.5) is 0 Å². The summed E-state index contributed by atoms with van der Waals surface area (Å²) in [5.41, 5.74) is 3.00. The number of aryl methyl sites for hydroxylation is 1. The molecule has 0 heteroatoms. The quantitative estimate of drug-likeness (QED) is 0.604. The molecule has 0 aliphatic carbocycles. The fourth-order valence-electron chi connectivity index (χ4n) is 1.89. The van der Waals surface area contributed by atoms with E-state index in [0.717, 1.165) is 6.42 Å². The standard InChI is InChI=1S/C14H20/c1-4-8-12(3)14-11-7-6-10-13(14)9-5-2/h4,6-7,10-12H,1,5,8-9H2,2-3H3. The molecule has 0 aliphatic rings. The minimum atomic E-state index is 0.607. The van der Waals surface area contributed by atoms with Crippen molar-refractivity contribution in [2.24, 2.45) is 0 Å². The van der Waals surface area contributed by atoms with Crippen molar-refractivity contribution in [2.45, 2.75) is 39.0 Å². The molecule has 1 rings (SSSR count). The zero-order valence-electron chi connectivity index (χ0n) is 9.29. The molecular weight excluding hydrogens is 168 g/mol. The Morgan fingerprint density at radius 1 is 1.36 bits per heavy atom. The van der Waals surface area contributed by atoms with Crippen molar-refractivity contribution >= 4 is 0 Å². The molecule has 0 N–H and O–H groups in total. The van der Waals surface area contributed by atoms with Gasteiger partial charge in [0.05, 0.1) is 0 Å². The van der Waals surface area contributed by atoms with Crippen LogP contribution in [0.1, 0.15) is 43.7 Å². The van der Waals surface area contributed by atoms with Crippen LogP contribution in [0.5, 0.6) is 0 Å². The van der Waals surface area contributed by atoms with Gasteiger partial charge in [-0.1, -0.05) is 50.6 Å². The Hall–Kier alpha value is -1.04. The summed E-state index contributed by atoms with van der Waals surface area (Å²) in [6, 6.07) is 8.76. The summed E-state index contributed by atoms with van der Waals surface area (Å²) in [6.45, 7) is 8.31. The summed E-state index contributed by atoms with van der Waals surface area (Å²) in [5.74, 6) is 0.607. The van der Waals surface area contributed by atoms with Crippen LogP contribution in [0.25, 0.3) is 0 Å². The first-order valence-corrected chi connectivity index (χ1v) is 5.48. The molecule has 0 bridgehead atoms. The van der Waals surface area contributed by atoms with Crippen molar-refractivity contribution in [1.82, 2.24) is 0 Å². The molecule has 14 heavy (non-hydrogen) atoms. The predicted octanol–water partition coefficient (Wildman–Crippen LogP) is 4.32. The molecule has 1 atom stereocenters. The summed E-state index contributed by atoms with van der Waals surface area (Å²) in [7, 11) is 0. The lowest BCUT2D eigenvalue weighted by Crippen LogP contribution is -1.98. The van der Waals surface area contributed by atoms with E-state index in [1.165, 1.54) is 24.0 Å². The summed E-state index contributed by atoms with van der Waals surface area (Å²) in [4.78, 5) is 0. The van der Waals surface area contributed by atoms with Gasteiger partial charge in [-0.15, -0.1) is 6.58 Å². The van der Waals surface area contributed by atoms with Crippen molar-refractivity contribution in [3.63, 3.8) is 0 Å². The van der Waals surface area contributed by atoms with Gasteiger partial charge in [0.15, 0.2) is 0 Å². The van der Waals surface area contributed by atoms with Crippen LogP contribution in [0.3, 0.4) is 0 Å². The largest absolute Gasteiger partial charge is 0.103 e. The molecule has 0 aromatic heterocycles. The summed E-state index contributed by atoms with van der Waals surface area (Å²) >= 11 is 0. The van der Waals surface area contributed by atoms with Gasteiger partial charge in [0.2, 0.25) is 0 Å². The molecular formula is C14H20. The van der Waals surface area contributed by atoms with Gasteiger partial charge in [-0.25, -0.2) is 0 Å². The zero-order chi connectivity index (χ0) is 10.4. The lowest BCUT2D eigenvalue weighted by molar-refractivity contribution is 0.759. The Balaban J connectivity index is 2.87. The van der Waals surface area contributed by atoms with Crippen molar-refractivity contribution in [3.05, 3.63) is 48.0 Å². The minimum Gasteiger partial charge on any atom is -0.103 e. The lowest BCUT2D eigenvalue weighted by Gasteiger charge is -2.14. The maximum Gasteiger partial charge on any atom is -0.0153 e. The van der Waals surface area contributed by atoms with Gasteiger partial charge >= 0.3 is 0 Å². The maximum absolute atomic E-state index is 3.80. The Labute approximate surface area is 87.7 Å². The SMILES string of the molecule is C=CCC(C)c1ccccc1CCC. The van der Waals surface area contributed by atoms with Crippen LogP contribution in [-0.2, 0) is 6.42 Å². The summed E-state index contributed by atoms with van der Waals surface area (Å²) < 4.78 is 0. The molecule has 0 saturated carbocycles. The second-order valence-electron chi connectivity index (χ2n) is 3.87. The van der Waals surface area contributed by atoms with Gasteiger partial charge in [-0.05, 0) is 29.9 Å². The van der Waals surface area contributed by atoms with Crippen molar-refractivity contribution in [2.75, 3.05) is 0 Å². The van der Waals surface area contributed by atoms with E-state index in [9.17, 15) is 0 Å². The molecule has 0 amide bonds. The number of rotatable bonds is 5. The summed E-state index contributed by atoms with van der Waals surface area (Å²) in [6.07, 6.45) is 5.49. The van der Waals surface area contributed by atoms with Gasteiger partial charge in [0.25, 0.3) is 0 Å². The molecule has 1 aromatic rings. The summed E-state index contributed by atoms with van der Waals surface area (Å²) in [5, 5.41) is 0. The Morgan fingerprint density at radius 3 is 2.71 bits per heavy atom. The van der Waals surface area contributed by atoms with E-state index in [1.807, 2.05) is 6.08 Å². The van der Waals surface area contributed by atoms with Gasteiger partial charge in [0.1, 0.15) is 0 Å². The third-order valence-corrected chi connectivity index (χ3v) is 2.63. The number of hydrogen-bond donors (Lipinski definition) is 0. The van der Waals surface area contributed by atoms with Crippen LogP contribution in [0.15, 0.2) is 36.9 Å². The Kier molecular flexibility index (Phi) is 4.45. The number of hydrogen-bond acceptors (Lipinski definition) is 0. The molecule has 0 fully saturated rings. The molecule has 0 heterocycles. The highest BCUT2D eigenvalue weighted by Crippen LogP contribution is 2.23. The van der Waals surface area contributed by atoms with Crippen LogP contribution < -0.4 is 0 Å². The number of allylic oxidation sites excluding steroid dienone is 1. The first-order chi connectivity index (χ1) is 6.79. The Bertz CT molecular complexity index is 286. The average Bonchev–Trinajstić information content (AvgIpc) is 2.19. The highest BCUT2D eigenvalue weighted by molar-refractivity contribution is 5.30. The molecule has 1 aromatic carbocycles. The molecule has 0 saturated heterocycles. The third-order valence-electron chi connectivity index (χ3n) is 2.63. The van der Waals surface area contributed by atoms with Crippen LogP contribution in [-0.4, -0.2) is 0 Å². The molecule has 0 aliphatic heterocycles. The predicted molar refractivity (Wildman–Crippen MR) is 63.7 cm³/mol. The van der Waals surface area contributed by atoms with Gasteiger partial charge in [-0.3, -0.25) is 0 Å². The van der Waals surface area contributed by atoms with Crippen molar-refractivity contribution < 1.29 is 0 Å². The highest BCUT2D eigenvalue weighted by atomic mass is 14.1. The van der Waals surface area contributed by atoms with E-state index >= 15 is 0 Å². The molecule has 76 valence electrons. The average molecular weight is 188 g/mol. The zero-order valence-corrected chi connectivity index (χ0v) is 9.29. The second kappa shape index (κ2) is 5.64. The van der Waals surface area contributed by atoms with Crippen LogP contribution in [0, 0.1) is 0 Å². The fourth-order valence-corrected chi connectivity index (χ4v) is 1.89. The van der Waals surface area contributed by atoms with E-state index in [1.54, 1.807) is 0 Å². The molecule has 0 nitrogen and oxygen atoms in total. The van der Waals surface area contributed by atoms with E-state index < -0.39 is 0 Å².